The Labute approximate surface area is 205 Å². The normalized spacial score (nSPS) is 11.7. The van der Waals surface area contributed by atoms with Gasteiger partial charge in [-0.3, -0.25) is 9.59 Å². The van der Waals surface area contributed by atoms with Gasteiger partial charge in [0.05, 0.1) is 17.7 Å². The van der Waals surface area contributed by atoms with Gasteiger partial charge in [0.2, 0.25) is 15.9 Å². The van der Waals surface area contributed by atoms with Crippen molar-refractivity contribution in [1.29, 1.82) is 0 Å². The fourth-order valence-electron chi connectivity index (χ4n) is 3.11. The van der Waals surface area contributed by atoms with Crippen molar-refractivity contribution in [2.75, 3.05) is 11.9 Å². The van der Waals surface area contributed by atoms with Crippen LogP contribution in [-0.4, -0.2) is 26.8 Å². The highest BCUT2D eigenvalue weighted by molar-refractivity contribution is 7.89. The molecular weight excluding hydrogens is 466 g/mol. The predicted octanol–water partition coefficient (Wildman–Crippen LogP) is 4.10. The standard InChI is InChI=1S/C26H29N3O5S/c1-18(2)16-27-26(31)21-9-12-24(19(3)15-21)29-25(30)13-8-20-6-10-23(11-7-20)35(32,33)28-17-22-5-4-14-34-22/h4-15,18,28H,16-17H2,1-3H3,(H,27,31)(H,29,30)/b13-8+. The molecule has 0 aliphatic rings. The summed E-state index contributed by atoms with van der Waals surface area (Å²) >= 11 is 0. The summed E-state index contributed by atoms with van der Waals surface area (Å²) in [6.45, 7) is 6.51. The molecule has 8 nitrogen and oxygen atoms in total. The van der Waals surface area contributed by atoms with Crippen LogP contribution < -0.4 is 15.4 Å². The van der Waals surface area contributed by atoms with Crippen LogP contribution in [0.4, 0.5) is 5.69 Å². The molecule has 0 radical (unpaired) electrons. The molecule has 0 saturated heterocycles. The summed E-state index contributed by atoms with van der Waals surface area (Å²) in [5.41, 5.74) is 2.56. The van der Waals surface area contributed by atoms with Gasteiger partial charge in [-0.1, -0.05) is 26.0 Å². The van der Waals surface area contributed by atoms with E-state index in [-0.39, 0.29) is 23.3 Å². The predicted molar refractivity (Wildman–Crippen MR) is 135 cm³/mol. The van der Waals surface area contributed by atoms with Crippen molar-refractivity contribution in [3.8, 4) is 0 Å². The molecule has 9 heteroatoms. The quantitative estimate of drug-likeness (QED) is 0.366. The Hall–Kier alpha value is -3.69. The number of amides is 2. The molecule has 0 fully saturated rings. The van der Waals surface area contributed by atoms with E-state index in [9.17, 15) is 18.0 Å². The first-order chi connectivity index (χ1) is 16.6. The van der Waals surface area contributed by atoms with Gasteiger partial charge < -0.3 is 15.1 Å². The van der Waals surface area contributed by atoms with E-state index in [0.717, 1.165) is 5.56 Å². The monoisotopic (exact) mass is 495 g/mol. The molecule has 2 amide bonds. The number of rotatable bonds is 10. The van der Waals surface area contributed by atoms with Crippen molar-refractivity contribution < 1.29 is 22.4 Å². The smallest absolute Gasteiger partial charge is 0.251 e. The van der Waals surface area contributed by atoms with Gasteiger partial charge in [-0.2, -0.15) is 0 Å². The Kier molecular flexibility index (Phi) is 8.62. The highest BCUT2D eigenvalue weighted by Crippen LogP contribution is 2.17. The van der Waals surface area contributed by atoms with Gasteiger partial charge in [-0.25, -0.2) is 13.1 Å². The SMILES string of the molecule is Cc1cc(C(=O)NCC(C)C)ccc1NC(=O)/C=C/c1ccc(S(=O)(=O)NCc2ccco2)cc1. The molecule has 0 bridgehead atoms. The van der Waals surface area contributed by atoms with Crippen molar-refractivity contribution in [3.63, 3.8) is 0 Å². The summed E-state index contributed by atoms with van der Waals surface area (Å²) in [5.74, 6) is 0.372. The van der Waals surface area contributed by atoms with E-state index >= 15 is 0 Å². The van der Waals surface area contributed by atoms with Crippen molar-refractivity contribution in [1.82, 2.24) is 10.0 Å². The summed E-state index contributed by atoms with van der Waals surface area (Å²) in [5, 5.41) is 5.66. The molecule has 3 rings (SSSR count). The summed E-state index contributed by atoms with van der Waals surface area (Å²) in [7, 11) is -3.69. The van der Waals surface area contributed by atoms with Gasteiger partial charge in [-0.15, -0.1) is 0 Å². The first-order valence-corrected chi connectivity index (χ1v) is 12.6. The molecule has 0 spiro atoms. The Morgan fingerprint density at radius 2 is 1.80 bits per heavy atom. The fourth-order valence-corrected chi connectivity index (χ4v) is 4.10. The number of hydrogen-bond donors (Lipinski definition) is 3. The number of furan rings is 1. The van der Waals surface area contributed by atoms with Crippen molar-refractivity contribution in [2.45, 2.75) is 32.2 Å². The summed E-state index contributed by atoms with van der Waals surface area (Å²) in [4.78, 5) is 24.7. The minimum absolute atomic E-state index is 0.0557. The lowest BCUT2D eigenvalue weighted by Gasteiger charge is -2.11. The zero-order valence-electron chi connectivity index (χ0n) is 19.9. The maximum absolute atomic E-state index is 12.4. The van der Waals surface area contributed by atoms with Gasteiger partial charge in [0.25, 0.3) is 5.91 Å². The molecule has 1 heterocycles. The first-order valence-electron chi connectivity index (χ1n) is 11.1. The number of carbonyl (C=O) groups is 2. The third-order valence-corrected chi connectivity index (χ3v) is 6.47. The summed E-state index contributed by atoms with van der Waals surface area (Å²) in [6.07, 6.45) is 4.43. The van der Waals surface area contributed by atoms with Crippen LogP contribution in [0.5, 0.6) is 0 Å². The Bertz CT molecular complexity index is 1300. The number of hydrogen-bond acceptors (Lipinski definition) is 5. The summed E-state index contributed by atoms with van der Waals surface area (Å²) in [6, 6.07) is 14.6. The summed E-state index contributed by atoms with van der Waals surface area (Å²) < 4.78 is 32.4. The maximum Gasteiger partial charge on any atom is 0.251 e. The van der Waals surface area contributed by atoms with E-state index < -0.39 is 10.0 Å². The minimum Gasteiger partial charge on any atom is -0.468 e. The molecule has 2 aromatic carbocycles. The lowest BCUT2D eigenvalue weighted by molar-refractivity contribution is -0.111. The van der Waals surface area contributed by atoms with Crippen LogP contribution in [0.25, 0.3) is 6.08 Å². The van der Waals surface area contributed by atoms with E-state index in [1.54, 1.807) is 48.5 Å². The molecule has 0 atom stereocenters. The molecule has 3 N–H and O–H groups in total. The molecule has 0 saturated carbocycles. The average molecular weight is 496 g/mol. The molecule has 1 aromatic heterocycles. The second-order valence-corrected chi connectivity index (χ2v) is 10.2. The van der Waals surface area contributed by atoms with Gasteiger partial charge in [0.1, 0.15) is 5.76 Å². The van der Waals surface area contributed by atoms with Gasteiger partial charge in [0, 0.05) is 23.9 Å². The Morgan fingerprint density at radius 1 is 1.06 bits per heavy atom. The lowest BCUT2D eigenvalue weighted by Crippen LogP contribution is -2.27. The van der Waals surface area contributed by atoms with E-state index in [4.69, 9.17) is 4.42 Å². The van der Waals surface area contributed by atoms with Crippen LogP contribution in [0.1, 0.15) is 41.1 Å². The fraction of sp³-hybridized carbons (Fsp3) is 0.231. The first kappa shape index (κ1) is 25.9. The Morgan fingerprint density at radius 3 is 2.43 bits per heavy atom. The van der Waals surface area contributed by atoms with Crippen LogP contribution in [0.3, 0.4) is 0 Å². The molecule has 0 aliphatic carbocycles. The number of benzene rings is 2. The van der Waals surface area contributed by atoms with Gasteiger partial charge in [0.15, 0.2) is 0 Å². The number of anilines is 1. The third-order valence-electron chi connectivity index (χ3n) is 5.05. The van der Waals surface area contributed by atoms with Crippen molar-refractivity contribution >= 4 is 33.6 Å². The minimum atomic E-state index is -3.69. The maximum atomic E-state index is 12.4. The van der Waals surface area contributed by atoms with E-state index in [1.165, 1.54) is 24.5 Å². The molecule has 3 aromatic rings. The highest BCUT2D eigenvalue weighted by atomic mass is 32.2. The lowest BCUT2D eigenvalue weighted by atomic mass is 10.1. The van der Waals surface area contributed by atoms with Crippen LogP contribution in [-0.2, 0) is 21.4 Å². The topological polar surface area (TPSA) is 118 Å². The number of nitrogens with one attached hydrogen (secondary N) is 3. The zero-order chi connectivity index (χ0) is 25.4. The number of aryl methyl sites for hydroxylation is 1. The van der Waals surface area contributed by atoms with E-state index in [0.29, 0.717) is 35.0 Å². The van der Waals surface area contributed by atoms with E-state index in [2.05, 4.69) is 15.4 Å². The van der Waals surface area contributed by atoms with Crippen LogP contribution in [0.15, 0.2) is 76.2 Å². The molecule has 35 heavy (non-hydrogen) atoms. The van der Waals surface area contributed by atoms with Crippen LogP contribution >= 0.6 is 0 Å². The second-order valence-electron chi connectivity index (χ2n) is 8.43. The van der Waals surface area contributed by atoms with Gasteiger partial charge >= 0.3 is 0 Å². The van der Waals surface area contributed by atoms with Crippen molar-refractivity contribution in [3.05, 3.63) is 89.4 Å². The van der Waals surface area contributed by atoms with Crippen LogP contribution in [0, 0.1) is 12.8 Å². The third kappa shape index (κ3) is 7.66. The number of carbonyl (C=O) groups excluding carboxylic acids is 2. The zero-order valence-corrected chi connectivity index (χ0v) is 20.7. The van der Waals surface area contributed by atoms with E-state index in [1.807, 2.05) is 20.8 Å². The highest BCUT2D eigenvalue weighted by Gasteiger charge is 2.14. The average Bonchev–Trinajstić information content (AvgIpc) is 3.35. The van der Waals surface area contributed by atoms with Crippen LogP contribution in [0.2, 0.25) is 0 Å². The Balaban J connectivity index is 1.57. The molecule has 184 valence electrons. The molecule has 0 aliphatic heterocycles. The van der Waals surface area contributed by atoms with Gasteiger partial charge in [-0.05, 0) is 72.5 Å². The largest absolute Gasteiger partial charge is 0.468 e. The molecule has 0 unspecified atom stereocenters. The second kappa shape index (κ2) is 11.6. The number of sulfonamides is 1. The van der Waals surface area contributed by atoms with Crippen molar-refractivity contribution in [2.24, 2.45) is 5.92 Å². The molecular formula is C26H29N3O5S.